The fourth-order valence-corrected chi connectivity index (χ4v) is 4.89. The number of carbonyl (C=O) groups is 2. The van der Waals surface area contributed by atoms with Crippen LogP contribution in [0.25, 0.3) is 0 Å². The highest BCUT2D eigenvalue weighted by Gasteiger charge is 2.49. The first-order valence-corrected chi connectivity index (χ1v) is 11.4. The highest BCUT2D eigenvalue weighted by molar-refractivity contribution is 5.88. The topological polar surface area (TPSA) is 68.3 Å². The van der Waals surface area contributed by atoms with Gasteiger partial charge >= 0.3 is 5.97 Å². The molecule has 2 fully saturated rings. The predicted molar refractivity (Wildman–Crippen MR) is 117 cm³/mol. The summed E-state index contributed by atoms with van der Waals surface area (Å²) in [6.07, 6.45) is 0.695. The molecule has 0 saturated carbocycles. The Bertz CT molecular complexity index is 852. The van der Waals surface area contributed by atoms with E-state index in [4.69, 9.17) is 14.2 Å². The maximum absolute atomic E-state index is 13.6. The molecule has 4 rings (SSSR count). The Kier molecular flexibility index (Phi) is 5.90. The Labute approximate surface area is 184 Å². The highest BCUT2D eigenvalue weighted by atomic mass is 16.8. The van der Waals surface area contributed by atoms with Crippen molar-refractivity contribution in [1.29, 1.82) is 0 Å². The zero-order valence-corrected chi connectivity index (χ0v) is 19.2. The number of carbonyl (C=O) groups excluding carboxylic acids is 2. The third-order valence-corrected chi connectivity index (χ3v) is 6.35. The lowest BCUT2D eigenvalue weighted by Gasteiger charge is -2.42. The summed E-state index contributed by atoms with van der Waals surface area (Å²) >= 11 is 0. The van der Waals surface area contributed by atoms with E-state index in [-0.39, 0.29) is 17.9 Å². The smallest absolute Gasteiger partial charge is 0.338 e. The molecule has 0 radical (unpaired) electrons. The fraction of sp³-hybridized carbons (Fsp3) is 0.667. The van der Waals surface area contributed by atoms with E-state index in [9.17, 15) is 9.59 Å². The van der Waals surface area contributed by atoms with Crippen LogP contribution in [0.15, 0.2) is 18.2 Å². The van der Waals surface area contributed by atoms with E-state index in [0.29, 0.717) is 13.0 Å². The molecule has 1 aromatic rings. The number of nitrogens with zero attached hydrogens (tertiary/aromatic N) is 2. The number of amides is 1. The highest BCUT2D eigenvalue weighted by Crippen LogP contribution is 2.34. The van der Waals surface area contributed by atoms with Crippen molar-refractivity contribution in [3.63, 3.8) is 0 Å². The minimum Gasteiger partial charge on any atom is -0.493 e. The van der Waals surface area contributed by atoms with Gasteiger partial charge in [-0.25, -0.2) is 4.79 Å². The van der Waals surface area contributed by atoms with Gasteiger partial charge in [-0.3, -0.25) is 4.79 Å². The molecular formula is C24H34N2O5. The Morgan fingerprint density at radius 2 is 2.03 bits per heavy atom. The van der Waals surface area contributed by atoms with Crippen LogP contribution in [0.4, 0.5) is 5.69 Å². The molecule has 1 amide bonds. The van der Waals surface area contributed by atoms with E-state index >= 15 is 0 Å². The van der Waals surface area contributed by atoms with Gasteiger partial charge in [0.15, 0.2) is 6.10 Å². The van der Waals surface area contributed by atoms with Crippen LogP contribution in [0, 0.1) is 11.8 Å². The van der Waals surface area contributed by atoms with Gasteiger partial charge < -0.3 is 24.0 Å². The second-order valence-electron chi connectivity index (χ2n) is 9.81. The number of anilines is 1. The summed E-state index contributed by atoms with van der Waals surface area (Å²) in [5.74, 6) is -0.717. The van der Waals surface area contributed by atoms with Crippen LogP contribution in [-0.2, 0) is 25.5 Å². The van der Waals surface area contributed by atoms with Crippen molar-refractivity contribution >= 4 is 17.6 Å². The molecule has 0 aliphatic carbocycles. The molecule has 2 saturated heterocycles. The lowest BCUT2D eigenvalue weighted by molar-refractivity contribution is -0.163. The molecule has 170 valence electrons. The van der Waals surface area contributed by atoms with E-state index in [2.05, 4.69) is 37.8 Å². The third kappa shape index (κ3) is 4.52. The maximum atomic E-state index is 13.6. The quantitative estimate of drug-likeness (QED) is 0.669. The van der Waals surface area contributed by atoms with Gasteiger partial charge in [-0.1, -0.05) is 13.8 Å². The number of benzene rings is 1. The van der Waals surface area contributed by atoms with Crippen LogP contribution >= 0.6 is 0 Å². The number of cyclic esters (lactones) is 1. The summed E-state index contributed by atoms with van der Waals surface area (Å²) in [4.78, 5) is 30.3. The molecule has 7 heteroatoms. The molecule has 0 N–H and O–H groups in total. The van der Waals surface area contributed by atoms with Crippen LogP contribution in [0.2, 0.25) is 0 Å². The molecule has 31 heavy (non-hydrogen) atoms. The van der Waals surface area contributed by atoms with Gasteiger partial charge in [0.05, 0.1) is 12.5 Å². The molecule has 3 aliphatic heterocycles. The SMILES string of the molecule is CC(C)C[C@H](C(=O)N1CCN(c2ccc3c(c2)CCO3)C[C@H]1C)[C@@H]1OC(C)(C)OC1=O. The van der Waals surface area contributed by atoms with E-state index in [1.165, 1.54) is 11.3 Å². The Morgan fingerprint density at radius 3 is 2.68 bits per heavy atom. The van der Waals surface area contributed by atoms with E-state index in [1.54, 1.807) is 13.8 Å². The number of ether oxygens (including phenoxy) is 3. The number of hydrogen-bond donors (Lipinski definition) is 0. The summed E-state index contributed by atoms with van der Waals surface area (Å²) in [5.41, 5.74) is 2.42. The summed E-state index contributed by atoms with van der Waals surface area (Å²) in [7, 11) is 0. The lowest BCUT2D eigenvalue weighted by Crippen LogP contribution is -2.57. The van der Waals surface area contributed by atoms with Crippen molar-refractivity contribution in [3.05, 3.63) is 23.8 Å². The number of fused-ring (bicyclic) bond motifs is 1. The number of esters is 1. The summed E-state index contributed by atoms with van der Waals surface area (Å²) < 4.78 is 16.8. The van der Waals surface area contributed by atoms with Crippen molar-refractivity contribution in [2.45, 2.75) is 65.4 Å². The zero-order valence-electron chi connectivity index (χ0n) is 19.2. The van der Waals surface area contributed by atoms with Crippen molar-refractivity contribution in [2.24, 2.45) is 11.8 Å². The standard InChI is InChI=1S/C24H34N2O5/c1-15(2)12-19(21-23(28)31-24(4,5)30-21)22(27)26-10-9-25(14-16(26)3)18-6-7-20-17(13-18)8-11-29-20/h6-7,13,15-16,19,21H,8-12,14H2,1-5H3/t16-,19+,21+/m1/s1. The summed E-state index contributed by atoms with van der Waals surface area (Å²) in [5, 5.41) is 0. The van der Waals surface area contributed by atoms with Crippen molar-refractivity contribution in [1.82, 2.24) is 4.90 Å². The van der Waals surface area contributed by atoms with E-state index < -0.39 is 23.8 Å². The second-order valence-corrected chi connectivity index (χ2v) is 9.81. The fourth-order valence-electron chi connectivity index (χ4n) is 4.89. The molecule has 1 aromatic carbocycles. The van der Waals surface area contributed by atoms with Crippen LogP contribution < -0.4 is 9.64 Å². The molecule has 3 atom stereocenters. The van der Waals surface area contributed by atoms with Crippen molar-refractivity contribution in [2.75, 3.05) is 31.1 Å². The van der Waals surface area contributed by atoms with E-state index in [1.807, 2.05) is 11.0 Å². The Hall–Kier alpha value is -2.28. The molecule has 0 unspecified atom stereocenters. The second kappa shape index (κ2) is 8.34. The van der Waals surface area contributed by atoms with Gasteiger partial charge in [0, 0.05) is 51.6 Å². The minimum atomic E-state index is -0.987. The first kappa shape index (κ1) is 21.9. The van der Waals surface area contributed by atoms with Gasteiger partial charge in [0.1, 0.15) is 5.75 Å². The van der Waals surface area contributed by atoms with Gasteiger partial charge in [0.2, 0.25) is 11.7 Å². The number of piperazine rings is 1. The molecule has 0 aromatic heterocycles. The van der Waals surface area contributed by atoms with Gasteiger partial charge in [-0.05, 0) is 43.0 Å². The Balaban J connectivity index is 1.47. The molecule has 3 heterocycles. The van der Waals surface area contributed by atoms with Crippen LogP contribution in [0.1, 0.15) is 46.6 Å². The van der Waals surface area contributed by atoms with Crippen LogP contribution in [0.5, 0.6) is 5.75 Å². The first-order valence-electron chi connectivity index (χ1n) is 11.4. The molecular weight excluding hydrogens is 396 g/mol. The van der Waals surface area contributed by atoms with E-state index in [0.717, 1.165) is 31.9 Å². The number of rotatable bonds is 5. The zero-order chi connectivity index (χ0) is 22.3. The van der Waals surface area contributed by atoms with Crippen LogP contribution in [0.3, 0.4) is 0 Å². The van der Waals surface area contributed by atoms with Gasteiger partial charge in [0.25, 0.3) is 0 Å². The maximum Gasteiger partial charge on any atom is 0.338 e. The Morgan fingerprint density at radius 1 is 1.26 bits per heavy atom. The third-order valence-electron chi connectivity index (χ3n) is 6.35. The minimum absolute atomic E-state index is 0.0112. The molecule has 0 spiro atoms. The van der Waals surface area contributed by atoms with Crippen LogP contribution in [-0.4, -0.2) is 61.0 Å². The van der Waals surface area contributed by atoms with Gasteiger partial charge in [-0.2, -0.15) is 0 Å². The average molecular weight is 431 g/mol. The monoisotopic (exact) mass is 430 g/mol. The molecule has 0 bridgehead atoms. The van der Waals surface area contributed by atoms with Crippen molar-refractivity contribution in [3.8, 4) is 5.75 Å². The first-order chi connectivity index (χ1) is 14.6. The van der Waals surface area contributed by atoms with Crippen molar-refractivity contribution < 1.29 is 23.8 Å². The normalized spacial score (nSPS) is 25.9. The molecule has 3 aliphatic rings. The lowest BCUT2D eigenvalue weighted by atomic mass is 9.90. The summed E-state index contributed by atoms with van der Waals surface area (Å²) in [6.45, 7) is 12.5. The largest absolute Gasteiger partial charge is 0.493 e. The van der Waals surface area contributed by atoms with Gasteiger partial charge in [-0.15, -0.1) is 0 Å². The number of hydrogen-bond acceptors (Lipinski definition) is 6. The predicted octanol–water partition coefficient (Wildman–Crippen LogP) is 3.00. The molecule has 7 nitrogen and oxygen atoms in total. The average Bonchev–Trinajstić information content (AvgIpc) is 3.27. The summed E-state index contributed by atoms with van der Waals surface area (Å²) in [6, 6.07) is 6.38.